The smallest absolute Gasteiger partial charge is 0.342 e. The van der Waals surface area contributed by atoms with Gasteiger partial charge in [0.05, 0.1) is 15.8 Å². The van der Waals surface area contributed by atoms with Crippen LogP contribution in [0.25, 0.3) is 0 Å². The zero-order valence-corrected chi connectivity index (χ0v) is 13.4. The normalized spacial score (nSPS) is 10.2. The van der Waals surface area contributed by atoms with Crippen molar-refractivity contribution >= 4 is 39.0 Å². The minimum absolute atomic E-state index is 0.0467. The van der Waals surface area contributed by atoms with E-state index in [-0.39, 0.29) is 29.5 Å². The molecule has 1 aromatic carbocycles. The number of thiophene rings is 1. The first-order valence-electron chi connectivity index (χ1n) is 5.84. The van der Waals surface area contributed by atoms with Gasteiger partial charge in [-0.05, 0) is 40.2 Å². The number of para-hydroxylation sites is 1. The third kappa shape index (κ3) is 3.62. The number of carbonyl (C=O) groups excluding carboxylic acids is 2. The third-order valence-corrected chi connectivity index (χ3v) is 4.29. The fraction of sp³-hybridized carbons (Fsp3) is 0.143. The van der Waals surface area contributed by atoms with Crippen molar-refractivity contribution in [3.63, 3.8) is 0 Å². The van der Waals surface area contributed by atoms with Crippen LogP contribution >= 0.6 is 27.3 Å². The molecule has 0 radical (unpaired) electrons. The number of hydrogen-bond donors (Lipinski definition) is 1. The molecule has 0 spiro atoms. The number of benzene rings is 1. The van der Waals surface area contributed by atoms with Crippen molar-refractivity contribution in [1.82, 2.24) is 0 Å². The molecule has 1 N–H and O–H groups in total. The van der Waals surface area contributed by atoms with Gasteiger partial charge in [-0.15, -0.1) is 11.3 Å². The molecule has 0 saturated carbocycles. The van der Waals surface area contributed by atoms with Crippen molar-refractivity contribution in [2.45, 2.75) is 0 Å². The number of Topliss-reactive ketones (excluding diaryl/α,β-unsaturated/α-hetero) is 1. The number of methoxy groups -OCH3 is 1. The number of ether oxygens (including phenoxy) is 2. The number of halogens is 1. The van der Waals surface area contributed by atoms with Gasteiger partial charge in [0.2, 0.25) is 5.78 Å². The Labute approximate surface area is 133 Å². The predicted molar refractivity (Wildman–Crippen MR) is 81.3 cm³/mol. The van der Waals surface area contributed by atoms with Gasteiger partial charge in [-0.25, -0.2) is 4.79 Å². The highest BCUT2D eigenvalue weighted by Crippen LogP contribution is 2.30. The Hall–Kier alpha value is -1.86. The lowest BCUT2D eigenvalue weighted by atomic mass is 10.2. The summed E-state index contributed by atoms with van der Waals surface area (Å²) in [5.41, 5.74) is -0.0467. The maximum absolute atomic E-state index is 11.9. The van der Waals surface area contributed by atoms with Gasteiger partial charge in [-0.3, -0.25) is 4.79 Å². The number of phenols is 1. The summed E-state index contributed by atoms with van der Waals surface area (Å²) in [6.07, 6.45) is 0. The Balaban J connectivity index is 2.04. The first kappa shape index (κ1) is 15.5. The van der Waals surface area contributed by atoms with Crippen molar-refractivity contribution in [2.24, 2.45) is 0 Å². The topological polar surface area (TPSA) is 72.8 Å². The SMILES string of the molecule is COc1cccc(C(=O)OCC(=O)c2ccc(Br)s2)c1O. The van der Waals surface area contributed by atoms with Gasteiger partial charge in [-0.2, -0.15) is 0 Å². The molecule has 2 rings (SSSR count). The van der Waals surface area contributed by atoms with E-state index in [1.807, 2.05) is 0 Å². The van der Waals surface area contributed by atoms with E-state index < -0.39 is 5.97 Å². The van der Waals surface area contributed by atoms with E-state index in [1.165, 1.54) is 30.6 Å². The Morgan fingerprint density at radius 1 is 1.29 bits per heavy atom. The van der Waals surface area contributed by atoms with Crippen LogP contribution in [-0.4, -0.2) is 30.6 Å². The summed E-state index contributed by atoms with van der Waals surface area (Å²) in [5.74, 6) is -1.23. The van der Waals surface area contributed by atoms with Crippen molar-refractivity contribution in [3.8, 4) is 11.5 Å². The molecular formula is C14H11BrO5S. The first-order chi connectivity index (χ1) is 10.0. The lowest BCUT2D eigenvalue weighted by Crippen LogP contribution is -2.13. The summed E-state index contributed by atoms with van der Waals surface area (Å²) in [5, 5.41) is 9.83. The van der Waals surface area contributed by atoms with Crippen LogP contribution in [0.1, 0.15) is 20.0 Å². The molecule has 0 amide bonds. The average Bonchev–Trinajstić information content (AvgIpc) is 2.91. The molecule has 0 aliphatic rings. The number of aromatic hydroxyl groups is 1. The molecule has 0 aliphatic carbocycles. The van der Waals surface area contributed by atoms with Crippen LogP contribution in [0.3, 0.4) is 0 Å². The summed E-state index contributed by atoms with van der Waals surface area (Å²) in [7, 11) is 1.38. The van der Waals surface area contributed by atoms with Gasteiger partial charge in [0.1, 0.15) is 5.56 Å². The first-order valence-corrected chi connectivity index (χ1v) is 7.45. The summed E-state index contributed by atoms with van der Waals surface area (Å²) >= 11 is 4.51. The Kier molecular flexibility index (Phi) is 4.98. The third-order valence-electron chi connectivity index (χ3n) is 2.62. The van der Waals surface area contributed by atoms with Crippen LogP contribution in [0.15, 0.2) is 34.1 Å². The zero-order valence-electron chi connectivity index (χ0n) is 11.0. The van der Waals surface area contributed by atoms with Crippen molar-refractivity contribution in [3.05, 3.63) is 44.6 Å². The van der Waals surface area contributed by atoms with Gasteiger partial charge >= 0.3 is 5.97 Å². The maximum Gasteiger partial charge on any atom is 0.342 e. The molecule has 1 aromatic heterocycles. The number of hydrogen-bond acceptors (Lipinski definition) is 6. The zero-order chi connectivity index (χ0) is 15.4. The van der Waals surface area contributed by atoms with Gasteiger partial charge < -0.3 is 14.6 Å². The van der Waals surface area contributed by atoms with Gasteiger partial charge in [0.25, 0.3) is 0 Å². The number of rotatable bonds is 5. The van der Waals surface area contributed by atoms with Crippen molar-refractivity contribution in [2.75, 3.05) is 13.7 Å². The van der Waals surface area contributed by atoms with Crippen LogP contribution in [0, 0.1) is 0 Å². The lowest BCUT2D eigenvalue weighted by molar-refractivity contribution is 0.0472. The Morgan fingerprint density at radius 3 is 2.67 bits per heavy atom. The predicted octanol–water partition coefficient (Wildman–Crippen LogP) is 3.26. The maximum atomic E-state index is 11.9. The number of ketones is 1. The molecule has 0 fully saturated rings. The average molecular weight is 371 g/mol. The van der Waals surface area contributed by atoms with E-state index in [0.29, 0.717) is 4.88 Å². The van der Waals surface area contributed by atoms with Crippen LogP contribution in [0.5, 0.6) is 11.5 Å². The monoisotopic (exact) mass is 370 g/mol. The van der Waals surface area contributed by atoms with Gasteiger partial charge in [-0.1, -0.05) is 6.07 Å². The van der Waals surface area contributed by atoms with E-state index in [2.05, 4.69) is 15.9 Å². The summed E-state index contributed by atoms with van der Waals surface area (Å²) in [6.45, 7) is -0.386. The molecule has 110 valence electrons. The minimum atomic E-state index is -0.782. The van der Waals surface area contributed by atoms with E-state index in [4.69, 9.17) is 9.47 Å². The molecule has 0 unspecified atom stereocenters. The minimum Gasteiger partial charge on any atom is -0.504 e. The quantitative estimate of drug-likeness (QED) is 0.645. The Bertz CT molecular complexity index is 680. The van der Waals surface area contributed by atoms with E-state index in [9.17, 15) is 14.7 Å². The summed E-state index contributed by atoms with van der Waals surface area (Å²) in [4.78, 5) is 24.2. The second-order valence-electron chi connectivity index (χ2n) is 3.96. The molecule has 0 bridgehead atoms. The number of carbonyl (C=O) groups is 2. The van der Waals surface area contributed by atoms with E-state index in [1.54, 1.807) is 18.2 Å². The van der Waals surface area contributed by atoms with Crippen LogP contribution in [-0.2, 0) is 4.74 Å². The largest absolute Gasteiger partial charge is 0.504 e. The standard InChI is InChI=1S/C14H11BrO5S/c1-19-10-4-2-3-8(13(10)17)14(18)20-7-9(16)11-5-6-12(15)21-11/h2-6,17H,7H2,1H3. The number of esters is 1. The molecule has 2 aromatic rings. The Morgan fingerprint density at radius 2 is 2.05 bits per heavy atom. The van der Waals surface area contributed by atoms with Gasteiger partial charge in [0, 0.05) is 0 Å². The van der Waals surface area contributed by atoms with E-state index in [0.717, 1.165) is 3.79 Å². The summed E-state index contributed by atoms with van der Waals surface area (Å²) in [6, 6.07) is 7.85. The summed E-state index contributed by atoms with van der Waals surface area (Å²) < 4.78 is 10.6. The highest BCUT2D eigenvalue weighted by Gasteiger charge is 2.18. The van der Waals surface area contributed by atoms with Crippen LogP contribution < -0.4 is 4.74 Å². The van der Waals surface area contributed by atoms with E-state index >= 15 is 0 Å². The van der Waals surface area contributed by atoms with Crippen molar-refractivity contribution in [1.29, 1.82) is 0 Å². The molecule has 7 heteroatoms. The molecule has 0 aliphatic heterocycles. The molecule has 0 saturated heterocycles. The van der Waals surface area contributed by atoms with Gasteiger partial charge in [0.15, 0.2) is 18.1 Å². The highest BCUT2D eigenvalue weighted by atomic mass is 79.9. The molecule has 0 atom stereocenters. The molecule has 21 heavy (non-hydrogen) atoms. The van der Waals surface area contributed by atoms with Crippen LogP contribution in [0.2, 0.25) is 0 Å². The fourth-order valence-corrected chi connectivity index (χ4v) is 2.91. The van der Waals surface area contributed by atoms with Crippen molar-refractivity contribution < 1.29 is 24.2 Å². The fourth-order valence-electron chi connectivity index (χ4n) is 1.60. The van der Waals surface area contributed by atoms with Crippen LogP contribution in [0.4, 0.5) is 0 Å². The molecule has 1 heterocycles. The second kappa shape index (κ2) is 6.73. The highest BCUT2D eigenvalue weighted by molar-refractivity contribution is 9.11. The second-order valence-corrected chi connectivity index (χ2v) is 6.42. The number of phenolic OH excluding ortho intramolecular Hbond substituents is 1. The molecular weight excluding hydrogens is 360 g/mol. The lowest BCUT2D eigenvalue weighted by Gasteiger charge is -2.08. The molecule has 5 nitrogen and oxygen atoms in total.